The van der Waals surface area contributed by atoms with Crippen molar-refractivity contribution in [1.29, 1.82) is 0 Å². The molecular weight excluding hydrogens is 313 g/mol. The van der Waals surface area contributed by atoms with Crippen molar-refractivity contribution in [3.05, 3.63) is 29.3 Å². The molecule has 3 rings (SSSR count). The minimum absolute atomic E-state index is 0.253. The first-order valence-corrected chi connectivity index (χ1v) is 9.56. The first-order valence-electron chi connectivity index (χ1n) is 7.95. The fraction of sp³-hybridized carbons (Fsp3) is 0.625. The van der Waals surface area contributed by atoms with E-state index in [9.17, 15) is 8.42 Å². The van der Waals surface area contributed by atoms with E-state index in [1.165, 1.54) is 4.31 Å². The zero-order valence-corrected chi connectivity index (χ0v) is 15.2. The lowest BCUT2D eigenvalue weighted by molar-refractivity contribution is 0.00578. The molecule has 2 aliphatic heterocycles. The Kier molecular flexibility index (Phi) is 3.91. The third-order valence-electron chi connectivity index (χ3n) is 5.24. The first-order chi connectivity index (χ1) is 10.5. The molecule has 0 spiro atoms. The molecule has 0 saturated carbocycles. The van der Waals surface area contributed by atoms with Gasteiger partial charge in [0.05, 0.1) is 17.0 Å². The van der Waals surface area contributed by atoms with Gasteiger partial charge in [0.2, 0.25) is 10.0 Å². The van der Waals surface area contributed by atoms with Gasteiger partial charge in [-0.2, -0.15) is 4.31 Å². The molecule has 1 aromatic carbocycles. The van der Waals surface area contributed by atoms with Crippen LogP contribution in [-0.2, 0) is 25.9 Å². The minimum Gasteiger partial charge on any atom is -0.399 e. The van der Waals surface area contributed by atoms with Crippen LogP contribution in [-0.4, -0.2) is 43.3 Å². The van der Waals surface area contributed by atoms with E-state index < -0.39 is 17.1 Å². The maximum absolute atomic E-state index is 11.7. The van der Waals surface area contributed by atoms with Crippen molar-refractivity contribution in [2.75, 3.05) is 12.3 Å². The van der Waals surface area contributed by atoms with Gasteiger partial charge in [0.15, 0.2) is 0 Å². The number of aryl methyl sites for hydroxylation is 1. The van der Waals surface area contributed by atoms with Crippen molar-refractivity contribution >= 4 is 22.6 Å². The van der Waals surface area contributed by atoms with E-state index in [0.717, 1.165) is 16.6 Å². The molecule has 0 N–H and O–H groups in total. The van der Waals surface area contributed by atoms with Crippen LogP contribution in [0.4, 0.5) is 0 Å². The summed E-state index contributed by atoms with van der Waals surface area (Å²) in [5, 5.41) is 0. The standard InChI is InChI=1S/C16H24BNO4S/c1-12-6-7-14(17-21-15(2,3)16(4,5)22-17)10-13(12)11-18-8-9-23(18,19)20/h6-7,10H,8-9,11H2,1-5H3. The van der Waals surface area contributed by atoms with Gasteiger partial charge in [-0.1, -0.05) is 18.2 Å². The Balaban J connectivity index is 1.84. The van der Waals surface area contributed by atoms with Crippen LogP contribution in [0, 0.1) is 6.92 Å². The largest absolute Gasteiger partial charge is 0.494 e. The van der Waals surface area contributed by atoms with Crippen LogP contribution in [0.1, 0.15) is 38.8 Å². The molecule has 0 unspecified atom stereocenters. The lowest BCUT2D eigenvalue weighted by atomic mass is 9.78. The number of hydrogen-bond acceptors (Lipinski definition) is 4. The highest BCUT2D eigenvalue weighted by molar-refractivity contribution is 7.90. The summed E-state index contributed by atoms with van der Waals surface area (Å²) >= 11 is 0. The second-order valence-electron chi connectivity index (χ2n) is 7.42. The second-order valence-corrected chi connectivity index (χ2v) is 9.51. The smallest absolute Gasteiger partial charge is 0.399 e. The molecular formula is C16H24BNO4S. The van der Waals surface area contributed by atoms with Crippen molar-refractivity contribution in [2.45, 2.75) is 52.4 Å². The van der Waals surface area contributed by atoms with Gasteiger partial charge in [0.25, 0.3) is 0 Å². The second kappa shape index (κ2) is 5.31. The maximum Gasteiger partial charge on any atom is 0.494 e. The highest BCUT2D eigenvalue weighted by Gasteiger charge is 2.51. The Hall–Kier alpha value is -0.885. The van der Waals surface area contributed by atoms with Crippen molar-refractivity contribution in [1.82, 2.24) is 4.31 Å². The summed E-state index contributed by atoms with van der Waals surface area (Å²) in [5.74, 6) is 0.253. The lowest BCUT2D eigenvalue weighted by Gasteiger charge is -2.32. The van der Waals surface area contributed by atoms with Gasteiger partial charge in [-0.15, -0.1) is 0 Å². The van der Waals surface area contributed by atoms with Gasteiger partial charge in [0.1, 0.15) is 0 Å². The fourth-order valence-corrected chi connectivity index (χ4v) is 3.80. The van der Waals surface area contributed by atoms with Crippen LogP contribution >= 0.6 is 0 Å². The average molecular weight is 337 g/mol. The number of sulfonamides is 1. The summed E-state index contributed by atoms with van der Waals surface area (Å²) in [4.78, 5) is 0. The van der Waals surface area contributed by atoms with E-state index in [4.69, 9.17) is 9.31 Å². The Morgan fingerprint density at radius 3 is 2.26 bits per heavy atom. The zero-order chi connectivity index (χ0) is 17.0. The summed E-state index contributed by atoms with van der Waals surface area (Å²) in [6.45, 7) is 11.1. The zero-order valence-electron chi connectivity index (χ0n) is 14.4. The molecule has 2 aliphatic rings. The van der Waals surface area contributed by atoms with Crippen LogP contribution in [0.2, 0.25) is 0 Å². The van der Waals surface area contributed by atoms with Crippen LogP contribution < -0.4 is 5.46 Å². The SMILES string of the molecule is Cc1ccc(B2OC(C)(C)C(C)(C)O2)cc1CN1CCS1(=O)=O. The van der Waals surface area contributed by atoms with E-state index in [1.807, 2.05) is 52.8 Å². The van der Waals surface area contributed by atoms with Crippen LogP contribution in [0.5, 0.6) is 0 Å². The minimum atomic E-state index is -3.04. The molecule has 2 heterocycles. The molecule has 0 radical (unpaired) electrons. The highest BCUT2D eigenvalue weighted by atomic mass is 32.2. The van der Waals surface area contributed by atoms with E-state index in [2.05, 4.69) is 0 Å². The lowest BCUT2D eigenvalue weighted by Crippen LogP contribution is -2.47. The normalized spacial score (nSPS) is 25.3. The molecule has 126 valence electrons. The molecule has 0 aliphatic carbocycles. The van der Waals surface area contributed by atoms with Gasteiger partial charge in [-0.25, -0.2) is 8.42 Å². The number of benzene rings is 1. The van der Waals surface area contributed by atoms with Crippen LogP contribution in [0.15, 0.2) is 18.2 Å². The molecule has 5 nitrogen and oxygen atoms in total. The summed E-state index contributed by atoms with van der Waals surface area (Å²) < 4.78 is 37.1. The number of rotatable bonds is 3. The van der Waals surface area contributed by atoms with Gasteiger partial charge in [0, 0.05) is 13.1 Å². The van der Waals surface area contributed by atoms with E-state index in [1.54, 1.807) is 0 Å². The average Bonchev–Trinajstić information content (AvgIpc) is 2.65. The quantitative estimate of drug-likeness (QED) is 0.784. The summed E-state index contributed by atoms with van der Waals surface area (Å²) in [6, 6.07) is 6.00. The predicted octanol–water partition coefficient (Wildman–Crippen LogP) is 1.44. The molecule has 7 heteroatoms. The van der Waals surface area contributed by atoms with E-state index in [0.29, 0.717) is 13.1 Å². The van der Waals surface area contributed by atoms with Crippen LogP contribution in [0.3, 0.4) is 0 Å². The Morgan fingerprint density at radius 2 is 1.78 bits per heavy atom. The Labute approximate surface area is 139 Å². The van der Waals surface area contributed by atoms with Crippen molar-refractivity contribution in [3.63, 3.8) is 0 Å². The van der Waals surface area contributed by atoms with Crippen LogP contribution in [0.25, 0.3) is 0 Å². The molecule has 2 fully saturated rings. The van der Waals surface area contributed by atoms with Gasteiger partial charge >= 0.3 is 7.12 Å². The predicted molar refractivity (Wildman–Crippen MR) is 91.1 cm³/mol. The topological polar surface area (TPSA) is 55.8 Å². The van der Waals surface area contributed by atoms with Crippen molar-refractivity contribution in [3.8, 4) is 0 Å². The Morgan fingerprint density at radius 1 is 1.17 bits per heavy atom. The monoisotopic (exact) mass is 337 g/mol. The van der Waals surface area contributed by atoms with Crippen molar-refractivity contribution < 1.29 is 17.7 Å². The first kappa shape index (κ1) is 17.0. The summed E-state index contributed by atoms with van der Waals surface area (Å²) in [7, 11) is -3.46. The van der Waals surface area contributed by atoms with Crippen molar-refractivity contribution in [2.24, 2.45) is 0 Å². The van der Waals surface area contributed by atoms with Gasteiger partial charge < -0.3 is 9.31 Å². The van der Waals surface area contributed by atoms with E-state index in [-0.39, 0.29) is 17.0 Å². The van der Waals surface area contributed by atoms with Gasteiger partial charge in [-0.3, -0.25) is 0 Å². The highest BCUT2D eigenvalue weighted by Crippen LogP contribution is 2.36. The third kappa shape index (κ3) is 2.95. The molecule has 0 amide bonds. The number of nitrogens with zero attached hydrogens (tertiary/aromatic N) is 1. The molecule has 23 heavy (non-hydrogen) atoms. The third-order valence-corrected chi connectivity index (χ3v) is 7.03. The molecule has 0 bridgehead atoms. The molecule has 2 saturated heterocycles. The molecule has 1 aromatic rings. The van der Waals surface area contributed by atoms with Gasteiger partial charge in [-0.05, 0) is 51.2 Å². The molecule has 0 aromatic heterocycles. The molecule has 0 atom stereocenters. The number of hydrogen-bond donors (Lipinski definition) is 0. The summed E-state index contributed by atoms with van der Waals surface area (Å²) in [6.07, 6.45) is 0. The maximum atomic E-state index is 11.7. The van der Waals surface area contributed by atoms with E-state index >= 15 is 0 Å². The fourth-order valence-electron chi connectivity index (χ4n) is 2.72. The Bertz CT molecular complexity index is 714. The summed E-state index contributed by atoms with van der Waals surface area (Å²) in [5.41, 5.74) is 2.24.